The van der Waals surface area contributed by atoms with E-state index in [1.165, 1.54) is 37.9 Å². The summed E-state index contributed by atoms with van der Waals surface area (Å²) in [4.78, 5) is 15.1. The standard InChI is InChI=1S/C23H29N3O2.ClH/c1-28-21-7-5-19(6-8-21)22(27)25-20-4-2-3-18(15-20)16-26-14-11-23(17-26)9-12-24-13-10-23;/h2-8,15,24H,9-14,16-17H2,1H3,(H,25,27);1H. The fraction of sp³-hybridized carbons (Fsp3) is 0.435. The van der Waals surface area contributed by atoms with Gasteiger partial charge in [0.2, 0.25) is 0 Å². The van der Waals surface area contributed by atoms with Crippen molar-refractivity contribution in [2.24, 2.45) is 5.41 Å². The molecule has 6 heteroatoms. The molecule has 1 amide bonds. The number of rotatable bonds is 5. The number of amides is 1. The lowest BCUT2D eigenvalue weighted by Crippen LogP contribution is -2.38. The minimum atomic E-state index is -0.102. The van der Waals surface area contributed by atoms with Crippen molar-refractivity contribution in [2.45, 2.75) is 25.8 Å². The fourth-order valence-corrected chi connectivity index (χ4v) is 4.48. The van der Waals surface area contributed by atoms with E-state index in [1.807, 2.05) is 12.1 Å². The first kappa shape index (κ1) is 21.6. The summed E-state index contributed by atoms with van der Waals surface area (Å²) in [6, 6.07) is 15.4. The van der Waals surface area contributed by atoms with E-state index < -0.39 is 0 Å². The highest BCUT2D eigenvalue weighted by Gasteiger charge is 2.38. The predicted octanol–water partition coefficient (Wildman–Crippen LogP) is 3.94. The number of benzene rings is 2. The van der Waals surface area contributed by atoms with Gasteiger partial charge in [-0.25, -0.2) is 0 Å². The highest BCUT2D eigenvalue weighted by molar-refractivity contribution is 6.04. The van der Waals surface area contributed by atoms with Gasteiger partial charge in [-0.2, -0.15) is 0 Å². The van der Waals surface area contributed by atoms with Gasteiger partial charge in [-0.05, 0) is 86.3 Å². The van der Waals surface area contributed by atoms with Gasteiger partial charge >= 0.3 is 0 Å². The number of anilines is 1. The predicted molar refractivity (Wildman–Crippen MR) is 119 cm³/mol. The second kappa shape index (κ2) is 9.61. The van der Waals surface area contributed by atoms with Gasteiger partial charge in [-0.1, -0.05) is 12.1 Å². The number of hydrogen-bond donors (Lipinski definition) is 2. The third-order valence-electron chi connectivity index (χ3n) is 6.12. The Morgan fingerprint density at radius 2 is 1.90 bits per heavy atom. The molecule has 2 heterocycles. The van der Waals surface area contributed by atoms with Crippen LogP contribution >= 0.6 is 12.4 Å². The maximum atomic E-state index is 12.5. The number of ether oxygens (including phenoxy) is 1. The summed E-state index contributed by atoms with van der Waals surface area (Å²) >= 11 is 0. The van der Waals surface area contributed by atoms with Crippen molar-refractivity contribution in [3.63, 3.8) is 0 Å². The molecule has 0 atom stereocenters. The molecular weight excluding hydrogens is 386 g/mol. The summed E-state index contributed by atoms with van der Waals surface area (Å²) in [5, 5.41) is 6.49. The average molecular weight is 416 g/mol. The zero-order valence-electron chi connectivity index (χ0n) is 16.9. The van der Waals surface area contributed by atoms with Crippen LogP contribution in [-0.2, 0) is 6.54 Å². The van der Waals surface area contributed by atoms with Crippen molar-refractivity contribution < 1.29 is 9.53 Å². The Morgan fingerprint density at radius 1 is 1.14 bits per heavy atom. The van der Waals surface area contributed by atoms with Crippen molar-refractivity contribution in [1.29, 1.82) is 0 Å². The molecule has 2 aromatic carbocycles. The molecule has 1 spiro atoms. The van der Waals surface area contributed by atoms with Crippen LogP contribution in [0, 0.1) is 5.41 Å². The minimum absolute atomic E-state index is 0. The van der Waals surface area contributed by atoms with Gasteiger partial charge in [0.1, 0.15) is 5.75 Å². The monoisotopic (exact) mass is 415 g/mol. The third-order valence-corrected chi connectivity index (χ3v) is 6.12. The van der Waals surface area contributed by atoms with E-state index >= 15 is 0 Å². The topological polar surface area (TPSA) is 53.6 Å². The third kappa shape index (κ3) is 5.30. The van der Waals surface area contributed by atoms with Gasteiger partial charge < -0.3 is 15.4 Å². The van der Waals surface area contributed by atoms with E-state index in [4.69, 9.17) is 4.74 Å². The number of hydrogen-bond acceptors (Lipinski definition) is 4. The number of piperidine rings is 1. The van der Waals surface area contributed by atoms with E-state index in [1.54, 1.807) is 31.4 Å². The van der Waals surface area contributed by atoms with Gasteiger partial charge in [-0.3, -0.25) is 9.69 Å². The Hall–Kier alpha value is -2.08. The molecular formula is C23H30ClN3O2. The van der Waals surface area contributed by atoms with Crippen LogP contribution in [0.25, 0.3) is 0 Å². The number of likely N-dealkylation sites (tertiary alicyclic amines) is 1. The quantitative estimate of drug-likeness (QED) is 0.776. The maximum absolute atomic E-state index is 12.5. The summed E-state index contributed by atoms with van der Waals surface area (Å²) < 4.78 is 5.15. The van der Waals surface area contributed by atoms with E-state index in [9.17, 15) is 4.79 Å². The van der Waals surface area contributed by atoms with Crippen molar-refractivity contribution in [1.82, 2.24) is 10.2 Å². The SMILES string of the molecule is COc1ccc(C(=O)Nc2cccc(CN3CCC4(CCNCC4)C3)c2)cc1.Cl. The molecule has 2 aliphatic rings. The van der Waals surface area contributed by atoms with Gasteiger partial charge in [0.25, 0.3) is 5.91 Å². The molecule has 0 bridgehead atoms. The zero-order chi connectivity index (χ0) is 19.4. The number of halogens is 1. The Labute approximate surface area is 179 Å². The molecule has 2 aliphatic heterocycles. The van der Waals surface area contributed by atoms with Crippen LogP contribution in [0.4, 0.5) is 5.69 Å². The number of carbonyl (C=O) groups excluding carboxylic acids is 1. The van der Waals surface area contributed by atoms with Crippen molar-refractivity contribution >= 4 is 24.0 Å². The number of nitrogens with zero attached hydrogens (tertiary/aromatic N) is 1. The normalized spacial score (nSPS) is 18.2. The van der Waals surface area contributed by atoms with Gasteiger partial charge in [0.15, 0.2) is 0 Å². The molecule has 0 aromatic heterocycles. The molecule has 0 saturated carbocycles. The van der Waals surface area contributed by atoms with Crippen molar-refractivity contribution in [3.05, 3.63) is 59.7 Å². The highest BCUT2D eigenvalue weighted by Crippen LogP contribution is 2.39. The summed E-state index contributed by atoms with van der Waals surface area (Å²) in [5.74, 6) is 0.644. The number of carbonyl (C=O) groups is 1. The average Bonchev–Trinajstić information content (AvgIpc) is 3.10. The summed E-state index contributed by atoms with van der Waals surface area (Å²) in [7, 11) is 1.62. The number of nitrogens with one attached hydrogen (secondary N) is 2. The van der Waals surface area contributed by atoms with Crippen molar-refractivity contribution in [3.8, 4) is 5.75 Å². The second-order valence-corrected chi connectivity index (χ2v) is 8.09. The van der Waals surface area contributed by atoms with Crippen LogP contribution in [0.5, 0.6) is 5.75 Å². The van der Waals surface area contributed by atoms with Gasteiger partial charge in [0, 0.05) is 24.3 Å². The molecule has 4 rings (SSSR count). The van der Waals surface area contributed by atoms with Crippen LogP contribution in [-0.4, -0.2) is 44.1 Å². The first-order chi connectivity index (χ1) is 13.7. The van der Waals surface area contributed by atoms with Gasteiger partial charge in [-0.15, -0.1) is 12.4 Å². The first-order valence-electron chi connectivity index (χ1n) is 10.1. The lowest BCUT2D eigenvalue weighted by atomic mass is 9.78. The lowest BCUT2D eigenvalue weighted by Gasteiger charge is -2.34. The smallest absolute Gasteiger partial charge is 0.255 e. The van der Waals surface area contributed by atoms with Gasteiger partial charge in [0.05, 0.1) is 7.11 Å². The highest BCUT2D eigenvalue weighted by atomic mass is 35.5. The lowest BCUT2D eigenvalue weighted by molar-refractivity contribution is 0.102. The molecule has 2 saturated heterocycles. The van der Waals surface area contributed by atoms with Crippen molar-refractivity contribution in [2.75, 3.05) is 38.6 Å². The summed E-state index contributed by atoms with van der Waals surface area (Å²) in [5.41, 5.74) is 3.23. The molecule has 0 radical (unpaired) electrons. The Morgan fingerprint density at radius 3 is 2.62 bits per heavy atom. The maximum Gasteiger partial charge on any atom is 0.255 e. The van der Waals surface area contributed by atoms with Crippen LogP contribution in [0.3, 0.4) is 0 Å². The Balaban J connectivity index is 0.00000240. The summed E-state index contributed by atoms with van der Waals surface area (Å²) in [6.07, 6.45) is 3.89. The number of methoxy groups -OCH3 is 1. The molecule has 0 unspecified atom stereocenters. The molecule has 29 heavy (non-hydrogen) atoms. The van der Waals surface area contributed by atoms with E-state index in [-0.39, 0.29) is 18.3 Å². The second-order valence-electron chi connectivity index (χ2n) is 8.09. The van der Waals surface area contributed by atoms with Crippen LogP contribution in [0.1, 0.15) is 35.2 Å². The minimum Gasteiger partial charge on any atom is -0.497 e. The van der Waals surface area contributed by atoms with Crippen LogP contribution in [0.2, 0.25) is 0 Å². The zero-order valence-corrected chi connectivity index (χ0v) is 17.8. The van der Waals surface area contributed by atoms with E-state index in [0.717, 1.165) is 31.1 Å². The summed E-state index contributed by atoms with van der Waals surface area (Å²) in [6.45, 7) is 5.61. The largest absolute Gasteiger partial charge is 0.497 e. The Kier molecular flexibility index (Phi) is 7.17. The molecule has 156 valence electrons. The molecule has 0 aliphatic carbocycles. The molecule has 5 nitrogen and oxygen atoms in total. The first-order valence-corrected chi connectivity index (χ1v) is 10.1. The van der Waals surface area contributed by atoms with Crippen LogP contribution < -0.4 is 15.4 Å². The van der Waals surface area contributed by atoms with E-state index in [2.05, 4.69) is 27.7 Å². The van der Waals surface area contributed by atoms with E-state index in [0.29, 0.717) is 11.0 Å². The molecule has 2 N–H and O–H groups in total. The fourth-order valence-electron chi connectivity index (χ4n) is 4.48. The molecule has 2 aromatic rings. The molecule has 2 fully saturated rings. The van der Waals surface area contributed by atoms with Crippen LogP contribution in [0.15, 0.2) is 48.5 Å². The Bertz CT molecular complexity index is 819.